The van der Waals surface area contributed by atoms with Crippen LogP contribution in [0, 0.1) is 0 Å². The van der Waals surface area contributed by atoms with E-state index in [1.54, 1.807) is 10.9 Å². The Labute approximate surface area is 97.9 Å². The van der Waals surface area contributed by atoms with Crippen molar-refractivity contribution < 1.29 is 0 Å². The quantitative estimate of drug-likeness (QED) is 0.713. The van der Waals surface area contributed by atoms with E-state index in [1.165, 1.54) is 6.33 Å². The largest absolute Gasteiger partial charge is 0.324 e. The molecule has 2 aromatic heterocycles. The van der Waals surface area contributed by atoms with E-state index in [2.05, 4.69) is 15.1 Å². The fourth-order valence-electron chi connectivity index (χ4n) is 1.80. The van der Waals surface area contributed by atoms with E-state index in [9.17, 15) is 0 Å². The highest BCUT2D eigenvalue weighted by Crippen LogP contribution is 2.15. The zero-order valence-corrected chi connectivity index (χ0v) is 9.11. The Hall–Kier alpha value is -2.27. The third-order valence-corrected chi connectivity index (χ3v) is 2.62. The standard InChI is InChI=1S/C12H11N5/c13-6-12-15-8-16-17(12)10-5-9-3-1-2-4-11(9)14-7-10/h1-5,7-8H,6,13H2. The summed E-state index contributed by atoms with van der Waals surface area (Å²) in [5.74, 6) is 0.724. The number of pyridine rings is 1. The highest BCUT2D eigenvalue weighted by Gasteiger charge is 2.05. The van der Waals surface area contributed by atoms with Crippen LogP contribution in [0.3, 0.4) is 0 Å². The summed E-state index contributed by atoms with van der Waals surface area (Å²) in [6, 6.07) is 9.97. The van der Waals surface area contributed by atoms with Crippen molar-refractivity contribution >= 4 is 10.9 Å². The number of nitrogens with two attached hydrogens (primary N) is 1. The Morgan fingerprint density at radius 1 is 1.18 bits per heavy atom. The Kier molecular flexibility index (Phi) is 2.31. The molecule has 3 aromatic rings. The maximum Gasteiger partial charge on any atom is 0.146 e. The first-order valence-corrected chi connectivity index (χ1v) is 5.32. The summed E-state index contributed by atoms with van der Waals surface area (Å²) in [5, 5.41) is 5.22. The van der Waals surface area contributed by atoms with Gasteiger partial charge in [-0.1, -0.05) is 18.2 Å². The van der Waals surface area contributed by atoms with Crippen LogP contribution in [0.1, 0.15) is 5.82 Å². The van der Waals surface area contributed by atoms with E-state index in [-0.39, 0.29) is 0 Å². The molecule has 0 spiro atoms. The fraction of sp³-hybridized carbons (Fsp3) is 0.0833. The van der Waals surface area contributed by atoms with E-state index in [1.807, 2.05) is 30.3 Å². The highest BCUT2D eigenvalue weighted by atomic mass is 15.3. The summed E-state index contributed by atoms with van der Waals surface area (Å²) in [6.45, 7) is 0.354. The molecule has 0 bridgehead atoms. The third kappa shape index (κ3) is 1.66. The van der Waals surface area contributed by atoms with Crippen molar-refractivity contribution in [3.63, 3.8) is 0 Å². The first-order chi connectivity index (χ1) is 8.38. The van der Waals surface area contributed by atoms with Crippen LogP contribution in [0.2, 0.25) is 0 Å². The number of fused-ring (bicyclic) bond motifs is 1. The fourth-order valence-corrected chi connectivity index (χ4v) is 1.80. The van der Waals surface area contributed by atoms with Gasteiger partial charge in [-0.15, -0.1) is 0 Å². The summed E-state index contributed by atoms with van der Waals surface area (Å²) in [6.07, 6.45) is 3.27. The zero-order chi connectivity index (χ0) is 11.7. The van der Waals surface area contributed by atoms with Gasteiger partial charge in [0.15, 0.2) is 0 Å². The predicted octanol–water partition coefficient (Wildman–Crippen LogP) is 1.27. The first-order valence-electron chi connectivity index (χ1n) is 5.32. The SMILES string of the molecule is NCc1ncnn1-c1cnc2ccccc2c1. The highest BCUT2D eigenvalue weighted by molar-refractivity contribution is 5.79. The minimum Gasteiger partial charge on any atom is -0.324 e. The maximum atomic E-state index is 5.60. The lowest BCUT2D eigenvalue weighted by molar-refractivity contribution is 0.788. The minimum absolute atomic E-state index is 0.354. The molecule has 84 valence electrons. The smallest absolute Gasteiger partial charge is 0.146 e. The van der Waals surface area contributed by atoms with Gasteiger partial charge < -0.3 is 5.73 Å². The van der Waals surface area contributed by atoms with Crippen LogP contribution in [0.4, 0.5) is 0 Å². The second-order valence-corrected chi connectivity index (χ2v) is 3.68. The number of para-hydroxylation sites is 1. The van der Waals surface area contributed by atoms with Gasteiger partial charge in [0.1, 0.15) is 12.2 Å². The molecule has 0 aliphatic heterocycles. The predicted molar refractivity (Wildman–Crippen MR) is 64.6 cm³/mol. The van der Waals surface area contributed by atoms with E-state index >= 15 is 0 Å². The van der Waals surface area contributed by atoms with Gasteiger partial charge >= 0.3 is 0 Å². The van der Waals surface area contributed by atoms with Crippen molar-refractivity contribution in [1.29, 1.82) is 0 Å². The molecule has 5 heteroatoms. The van der Waals surface area contributed by atoms with Crippen molar-refractivity contribution in [1.82, 2.24) is 19.7 Å². The summed E-state index contributed by atoms with van der Waals surface area (Å²) < 4.78 is 1.71. The maximum absolute atomic E-state index is 5.60. The molecule has 0 saturated carbocycles. The number of hydrogen-bond acceptors (Lipinski definition) is 4. The molecule has 0 atom stereocenters. The molecule has 0 aliphatic rings. The third-order valence-electron chi connectivity index (χ3n) is 2.62. The van der Waals surface area contributed by atoms with Crippen molar-refractivity contribution in [3.05, 3.63) is 48.7 Å². The van der Waals surface area contributed by atoms with Gasteiger partial charge in [0.2, 0.25) is 0 Å². The van der Waals surface area contributed by atoms with Gasteiger partial charge in [-0.3, -0.25) is 4.98 Å². The summed E-state index contributed by atoms with van der Waals surface area (Å²) in [5.41, 5.74) is 7.44. The number of nitrogens with zero attached hydrogens (tertiary/aromatic N) is 4. The van der Waals surface area contributed by atoms with Crippen LogP contribution in [0.5, 0.6) is 0 Å². The summed E-state index contributed by atoms with van der Waals surface area (Å²) in [4.78, 5) is 8.47. The molecule has 2 N–H and O–H groups in total. The van der Waals surface area contributed by atoms with Crippen molar-refractivity contribution in [2.75, 3.05) is 0 Å². The molecule has 0 saturated heterocycles. The Morgan fingerprint density at radius 2 is 2.06 bits per heavy atom. The number of benzene rings is 1. The minimum atomic E-state index is 0.354. The molecule has 0 radical (unpaired) electrons. The molecule has 1 aromatic carbocycles. The molecule has 2 heterocycles. The second-order valence-electron chi connectivity index (χ2n) is 3.68. The average molecular weight is 225 g/mol. The van der Waals surface area contributed by atoms with Crippen molar-refractivity contribution in [2.45, 2.75) is 6.54 Å². The van der Waals surface area contributed by atoms with Gasteiger partial charge in [0.05, 0.1) is 23.9 Å². The second kappa shape index (κ2) is 3.95. The van der Waals surface area contributed by atoms with Crippen LogP contribution in [0.15, 0.2) is 42.9 Å². The number of aromatic nitrogens is 4. The molecule has 5 nitrogen and oxygen atoms in total. The summed E-state index contributed by atoms with van der Waals surface area (Å²) in [7, 11) is 0. The molecule has 3 rings (SSSR count). The van der Waals surface area contributed by atoms with Crippen LogP contribution >= 0.6 is 0 Å². The molecule has 0 fully saturated rings. The molecular formula is C12H11N5. The van der Waals surface area contributed by atoms with E-state index < -0.39 is 0 Å². The van der Waals surface area contributed by atoms with E-state index in [4.69, 9.17) is 5.73 Å². The van der Waals surface area contributed by atoms with Gasteiger partial charge in [0, 0.05) is 5.39 Å². The molecule has 17 heavy (non-hydrogen) atoms. The molecular weight excluding hydrogens is 214 g/mol. The Balaban J connectivity index is 2.18. The first kappa shape index (κ1) is 9.92. The van der Waals surface area contributed by atoms with Crippen LogP contribution in [-0.4, -0.2) is 19.7 Å². The van der Waals surface area contributed by atoms with Crippen LogP contribution < -0.4 is 5.73 Å². The van der Waals surface area contributed by atoms with Crippen molar-refractivity contribution in [3.8, 4) is 5.69 Å². The van der Waals surface area contributed by atoms with E-state index in [0.717, 1.165) is 22.4 Å². The normalized spacial score (nSPS) is 10.9. The summed E-state index contributed by atoms with van der Waals surface area (Å²) >= 11 is 0. The van der Waals surface area contributed by atoms with Crippen LogP contribution in [0.25, 0.3) is 16.6 Å². The lowest BCUT2D eigenvalue weighted by Gasteiger charge is -2.05. The van der Waals surface area contributed by atoms with Gasteiger partial charge in [-0.2, -0.15) is 5.10 Å². The van der Waals surface area contributed by atoms with Crippen LogP contribution in [-0.2, 0) is 6.54 Å². The Morgan fingerprint density at radius 3 is 2.94 bits per heavy atom. The van der Waals surface area contributed by atoms with Gasteiger partial charge in [-0.05, 0) is 12.1 Å². The zero-order valence-electron chi connectivity index (χ0n) is 9.11. The van der Waals surface area contributed by atoms with Gasteiger partial charge in [0.25, 0.3) is 0 Å². The molecule has 0 unspecified atom stereocenters. The lowest BCUT2D eigenvalue weighted by atomic mass is 10.2. The van der Waals surface area contributed by atoms with Gasteiger partial charge in [-0.25, -0.2) is 9.67 Å². The topological polar surface area (TPSA) is 69.6 Å². The lowest BCUT2D eigenvalue weighted by Crippen LogP contribution is -2.08. The average Bonchev–Trinajstić information content (AvgIpc) is 2.86. The monoisotopic (exact) mass is 225 g/mol. The number of rotatable bonds is 2. The van der Waals surface area contributed by atoms with Crippen molar-refractivity contribution in [2.24, 2.45) is 5.73 Å². The number of hydrogen-bond donors (Lipinski definition) is 1. The Bertz CT molecular complexity index is 659. The molecule has 0 amide bonds. The molecule has 0 aliphatic carbocycles. The van der Waals surface area contributed by atoms with E-state index in [0.29, 0.717) is 6.54 Å².